The molecule has 2 aromatic rings. The SMILES string of the molecule is Cc1cccc(C(CN)(CO)Cc2c(F)cccc2Cl)c1. The lowest BCUT2D eigenvalue weighted by Crippen LogP contribution is -2.41. The Morgan fingerprint density at radius 2 is 1.95 bits per heavy atom. The molecule has 2 nitrogen and oxygen atoms in total. The zero-order valence-electron chi connectivity index (χ0n) is 11.9. The Labute approximate surface area is 129 Å². The third kappa shape index (κ3) is 3.26. The molecule has 112 valence electrons. The van der Waals surface area contributed by atoms with E-state index in [0.29, 0.717) is 10.6 Å². The molecular formula is C17H19ClFNO. The van der Waals surface area contributed by atoms with Crippen LogP contribution in [0.3, 0.4) is 0 Å². The molecule has 0 saturated carbocycles. The maximum Gasteiger partial charge on any atom is 0.127 e. The highest BCUT2D eigenvalue weighted by Gasteiger charge is 2.32. The molecule has 0 radical (unpaired) electrons. The van der Waals surface area contributed by atoms with E-state index in [1.807, 2.05) is 31.2 Å². The van der Waals surface area contributed by atoms with Crippen molar-refractivity contribution in [3.8, 4) is 0 Å². The highest BCUT2D eigenvalue weighted by atomic mass is 35.5. The largest absolute Gasteiger partial charge is 0.395 e. The van der Waals surface area contributed by atoms with Crippen LogP contribution in [0.4, 0.5) is 4.39 Å². The lowest BCUT2D eigenvalue weighted by Gasteiger charge is -2.32. The predicted molar refractivity (Wildman–Crippen MR) is 84.1 cm³/mol. The van der Waals surface area contributed by atoms with Crippen molar-refractivity contribution in [2.45, 2.75) is 18.8 Å². The molecule has 1 atom stereocenters. The predicted octanol–water partition coefficient (Wildman–Crippen LogP) is 3.22. The molecule has 0 saturated heterocycles. The van der Waals surface area contributed by atoms with Crippen molar-refractivity contribution in [1.82, 2.24) is 0 Å². The minimum absolute atomic E-state index is 0.169. The fraction of sp³-hybridized carbons (Fsp3) is 0.294. The van der Waals surface area contributed by atoms with Gasteiger partial charge in [-0.25, -0.2) is 4.39 Å². The van der Waals surface area contributed by atoms with Crippen LogP contribution >= 0.6 is 11.6 Å². The molecular weight excluding hydrogens is 289 g/mol. The summed E-state index contributed by atoms with van der Waals surface area (Å²) in [6.07, 6.45) is 0.259. The molecule has 2 aromatic carbocycles. The Bertz CT molecular complexity index is 606. The number of nitrogens with two attached hydrogens (primary N) is 1. The van der Waals surface area contributed by atoms with Crippen molar-refractivity contribution >= 4 is 11.6 Å². The van der Waals surface area contributed by atoms with Gasteiger partial charge in [-0.05, 0) is 31.0 Å². The minimum atomic E-state index is -0.738. The second-order valence-corrected chi connectivity index (χ2v) is 5.80. The summed E-state index contributed by atoms with van der Waals surface area (Å²) in [6, 6.07) is 12.3. The number of rotatable bonds is 5. The highest BCUT2D eigenvalue weighted by Crippen LogP contribution is 2.32. The molecule has 4 heteroatoms. The van der Waals surface area contributed by atoms with Gasteiger partial charge in [-0.3, -0.25) is 0 Å². The zero-order valence-corrected chi connectivity index (χ0v) is 12.7. The average molecular weight is 308 g/mol. The standard InChI is InChI=1S/C17H19ClFNO/c1-12-4-2-5-13(8-12)17(10-20,11-21)9-14-15(18)6-3-7-16(14)19/h2-8,21H,9-11,20H2,1H3. The molecule has 0 aliphatic carbocycles. The van der Waals surface area contributed by atoms with E-state index in [9.17, 15) is 9.50 Å². The molecule has 3 N–H and O–H groups in total. The van der Waals surface area contributed by atoms with E-state index in [-0.39, 0.29) is 25.4 Å². The quantitative estimate of drug-likeness (QED) is 0.891. The highest BCUT2D eigenvalue weighted by molar-refractivity contribution is 6.31. The maximum absolute atomic E-state index is 14.0. The lowest BCUT2D eigenvalue weighted by molar-refractivity contribution is 0.195. The molecule has 0 fully saturated rings. The maximum atomic E-state index is 14.0. The first-order valence-electron chi connectivity index (χ1n) is 6.83. The minimum Gasteiger partial charge on any atom is -0.395 e. The van der Waals surface area contributed by atoms with Gasteiger partial charge in [0.15, 0.2) is 0 Å². The Kier molecular flexibility index (Phi) is 4.99. The van der Waals surface area contributed by atoms with Crippen molar-refractivity contribution in [3.63, 3.8) is 0 Å². The average Bonchev–Trinajstić information content (AvgIpc) is 2.48. The van der Waals surface area contributed by atoms with Crippen LogP contribution < -0.4 is 5.73 Å². The first-order valence-corrected chi connectivity index (χ1v) is 7.21. The van der Waals surface area contributed by atoms with Crippen molar-refractivity contribution in [1.29, 1.82) is 0 Å². The summed E-state index contributed by atoms with van der Waals surface area (Å²) in [4.78, 5) is 0. The van der Waals surface area contributed by atoms with Gasteiger partial charge in [0.25, 0.3) is 0 Å². The molecule has 0 aromatic heterocycles. The molecule has 21 heavy (non-hydrogen) atoms. The Morgan fingerprint density at radius 3 is 2.52 bits per heavy atom. The second-order valence-electron chi connectivity index (χ2n) is 5.39. The summed E-state index contributed by atoms with van der Waals surface area (Å²) in [5.74, 6) is -0.374. The van der Waals surface area contributed by atoms with Gasteiger partial charge in [-0.2, -0.15) is 0 Å². The van der Waals surface area contributed by atoms with Gasteiger partial charge in [0.2, 0.25) is 0 Å². The summed E-state index contributed by atoms with van der Waals surface area (Å²) >= 11 is 6.11. The summed E-state index contributed by atoms with van der Waals surface area (Å²) < 4.78 is 14.0. The molecule has 0 amide bonds. The molecule has 0 spiro atoms. The van der Waals surface area contributed by atoms with Crippen LogP contribution in [0.15, 0.2) is 42.5 Å². The Hall–Kier alpha value is -1.42. The van der Waals surface area contributed by atoms with E-state index in [2.05, 4.69) is 0 Å². The van der Waals surface area contributed by atoms with Crippen LogP contribution in [0.25, 0.3) is 0 Å². The smallest absolute Gasteiger partial charge is 0.127 e. The number of aliphatic hydroxyl groups excluding tert-OH is 1. The zero-order chi connectivity index (χ0) is 15.5. The number of aliphatic hydroxyl groups is 1. The van der Waals surface area contributed by atoms with Crippen molar-refractivity contribution < 1.29 is 9.50 Å². The molecule has 0 heterocycles. The topological polar surface area (TPSA) is 46.2 Å². The second kappa shape index (κ2) is 6.56. The van der Waals surface area contributed by atoms with E-state index in [1.165, 1.54) is 6.07 Å². The Balaban J connectivity index is 2.48. The monoisotopic (exact) mass is 307 g/mol. The molecule has 2 rings (SSSR count). The fourth-order valence-corrected chi connectivity index (χ4v) is 2.75. The van der Waals surface area contributed by atoms with Crippen LogP contribution in [0.5, 0.6) is 0 Å². The van der Waals surface area contributed by atoms with E-state index in [1.54, 1.807) is 12.1 Å². The summed E-state index contributed by atoms with van der Waals surface area (Å²) in [6.45, 7) is 2.01. The van der Waals surface area contributed by atoms with Gasteiger partial charge in [-0.1, -0.05) is 47.5 Å². The first-order chi connectivity index (χ1) is 10.0. The number of halogens is 2. The normalized spacial score (nSPS) is 14.0. The summed E-state index contributed by atoms with van der Waals surface area (Å²) in [5.41, 5.74) is 7.54. The van der Waals surface area contributed by atoms with Crippen molar-refractivity contribution in [2.24, 2.45) is 5.73 Å². The van der Waals surface area contributed by atoms with Crippen LogP contribution in [0.1, 0.15) is 16.7 Å². The van der Waals surface area contributed by atoms with Gasteiger partial charge in [-0.15, -0.1) is 0 Å². The number of hydrogen-bond donors (Lipinski definition) is 2. The van der Waals surface area contributed by atoms with Crippen molar-refractivity contribution in [2.75, 3.05) is 13.2 Å². The first kappa shape index (κ1) is 16.0. The van der Waals surface area contributed by atoms with Gasteiger partial charge in [0, 0.05) is 22.5 Å². The van der Waals surface area contributed by atoms with E-state index < -0.39 is 5.41 Å². The number of aryl methyl sites for hydroxylation is 1. The Morgan fingerprint density at radius 1 is 1.24 bits per heavy atom. The van der Waals surface area contributed by atoms with Crippen LogP contribution in [0.2, 0.25) is 5.02 Å². The van der Waals surface area contributed by atoms with Crippen LogP contribution in [0, 0.1) is 12.7 Å². The van der Waals surface area contributed by atoms with Gasteiger partial charge in [0.05, 0.1) is 6.61 Å². The van der Waals surface area contributed by atoms with Crippen LogP contribution in [-0.2, 0) is 11.8 Å². The molecule has 0 bridgehead atoms. The fourth-order valence-electron chi connectivity index (χ4n) is 2.52. The third-order valence-corrected chi connectivity index (χ3v) is 4.25. The summed E-state index contributed by atoms with van der Waals surface area (Å²) in [5, 5.41) is 10.3. The van der Waals surface area contributed by atoms with Gasteiger partial charge < -0.3 is 10.8 Å². The summed E-state index contributed by atoms with van der Waals surface area (Å²) in [7, 11) is 0. The van der Waals surface area contributed by atoms with E-state index >= 15 is 0 Å². The molecule has 0 aliphatic rings. The van der Waals surface area contributed by atoms with E-state index in [4.69, 9.17) is 17.3 Å². The molecule has 1 unspecified atom stereocenters. The molecule has 0 aliphatic heterocycles. The lowest BCUT2D eigenvalue weighted by atomic mass is 9.75. The van der Waals surface area contributed by atoms with E-state index in [0.717, 1.165) is 11.1 Å². The van der Waals surface area contributed by atoms with Gasteiger partial charge in [0.1, 0.15) is 5.82 Å². The third-order valence-electron chi connectivity index (χ3n) is 3.90. The number of hydrogen-bond acceptors (Lipinski definition) is 2. The number of benzene rings is 2. The van der Waals surface area contributed by atoms with Gasteiger partial charge >= 0.3 is 0 Å². The van der Waals surface area contributed by atoms with Crippen LogP contribution in [-0.4, -0.2) is 18.3 Å². The van der Waals surface area contributed by atoms with Crippen molar-refractivity contribution in [3.05, 3.63) is 70.0 Å².